The van der Waals surface area contributed by atoms with Crippen LogP contribution in [-0.2, 0) is 20.5 Å². The molecule has 4 heterocycles. The highest BCUT2D eigenvalue weighted by atomic mass is 35.5. The highest BCUT2D eigenvalue weighted by molar-refractivity contribution is 7.85. The van der Waals surface area contributed by atoms with Gasteiger partial charge in [-0.1, -0.05) is 11.3 Å². The minimum absolute atomic E-state index is 0.0544. The minimum atomic E-state index is -1.55. The number of ether oxygens (including phenoxy) is 2. The van der Waals surface area contributed by atoms with Gasteiger partial charge in [-0.15, -0.1) is 0 Å². The molecular formula is C24H29ClN6O4S2. The van der Waals surface area contributed by atoms with Crippen LogP contribution in [0.15, 0.2) is 22.5 Å². The lowest BCUT2D eigenvalue weighted by molar-refractivity contribution is 0.0531. The number of carbonyl (C=O) groups excluding carboxylic acids is 1. The van der Waals surface area contributed by atoms with Crippen molar-refractivity contribution in [3.63, 3.8) is 0 Å². The average Bonchev–Trinajstić information content (AvgIpc) is 3.30. The number of hydrogen-bond acceptors (Lipinski definition) is 10. The first kappa shape index (κ1) is 26.2. The molecule has 0 bridgehead atoms. The Kier molecular flexibility index (Phi) is 8.20. The van der Waals surface area contributed by atoms with E-state index in [1.165, 1.54) is 0 Å². The summed E-state index contributed by atoms with van der Waals surface area (Å²) in [5, 5.41) is 1.13. The summed E-state index contributed by atoms with van der Waals surface area (Å²) in [6.45, 7) is 8.27. The van der Waals surface area contributed by atoms with Crippen molar-refractivity contribution in [1.82, 2.24) is 19.7 Å². The number of nitrogens with one attached hydrogen (secondary N) is 1. The van der Waals surface area contributed by atoms with Gasteiger partial charge in [0.25, 0.3) is 0 Å². The van der Waals surface area contributed by atoms with Crippen LogP contribution in [0.3, 0.4) is 0 Å². The van der Waals surface area contributed by atoms with Crippen LogP contribution < -0.4 is 14.5 Å². The largest absolute Gasteiger partial charge is 0.462 e. The SMILES string of the molecule is CCOC(=O)c1sc(S(=O)NC2CCCN(c3nc(Cl)nc4cc(N5CCOCC5)ccc34)C2)nc1C. The number of aryl methyl sites for hydroxylation is 1. The molecule has 37 heavy (non-hydrogen) atoms. The Morgan fingerprint density at radius 2 is 2.05 bits per heavy atom. The maximum Gasteiger partial charge on any atom is 0.350 e. The fourth-order valence-corrected chi connectivity index (χ4v) is 7.01. The second-order valence-electron chi connectivity index (χ2n) is 8.90. The summed E-state index contributed by atoms with van der Waals surface area (Å²) in [5.41, 5.74) is 2.41. The molecule has 13 heteroatoms. The van der Waals surface area contributed by atoms with E-state index in [2.05, 4.69) is 47.7 Å². The van der Waals surface area contributed by atoms with E-state index in [-0.39, 0.29) is 17.9 Å². The zero-order valence-electron chi connectivity index (χ0n) is 20.7. The molecule has 2 atom stereocenters. The third-order valence-corrected chi connectivity index (χ3v) is 9.16. The monoisotopic (exact) mass is 564 g/mol. The predicted molar refractivity (Wildman–Crippen MR) is 145 cm³/mol. The summed E-state index contributed by atoms with van der Waals surface area (Å²) in [4.78, 5) is 30.4. The fourth-order valence-electron chi connectivity index (χ4n) is 4.64. The summed E-state index contributed by atoms with van der Waals surface area (Å²) in [7, 11) is -1.55. The van der Waals surface area contributed by atoms with Gasteiger partial charge in [0, 0.05) is 43.3 Å². The van der Waals surface area contributed by atoms with Crippen LogP contribution in [0.25, 0.3) is 10.9 Å². The van der Waals surface area contributed by atoms with Crippen molar-refractivity contribution in [2.75, 3.05) is 55.8 Å². The fraction of sp³-hybridized carbons (Fsp3) is 0.500. The molecule has 5 rings (SSSR count). The number of anilines is 2. The summed E-state index contributed by atoms with van der Waals surface area (Å²) < 4.78 is 27.2. The third-order valence-electron chi connectivity index (χ3n) is 6.40. The van der Waals surface area contributed by atoms with Crippen molar-refractivity contribution >= 4 is 62.3 Å². The lowest BCUT2D eigenvalue weighted by Crippen LogP contribution is -2.46. The van der Waals surface area contributed by atoms with E-state index in [0.29, 0.717) is 34.7 Å². The Bertz CT molecular complexity index is 1320. The molecule has 1 N–H and O–H groups in total. The van der Waals surface area contributed by atoms with Crippen LogP contribution in [-0.4, -0.2) is 77.2 Å². The maximum absolute atomic E-state index is 13.1. The predicted octanol–water partition coefficient (Wildman–Crippen LogP) is 3.34. The Hall–Kier alpha value is -2.38. The molecule has 2 fully saturated rings. The molecule has 10 nitrogen and oxygen atoms in total. The molecule has 0 amide bonds. The van der Waals surface area contributed by atoms with Gasteiger partial charge in [0.15, 0.2) is 15.3 Å². The Morgan fingerprint density at radius 1 is 1.24 bits per heavy atom. The number of piperidine rings is 1. The van der Waals surface area contributed by atoms with Crippen molar-refractivity contribution in [2.24, 2.45) is 0 Å². The van der Waals surface area contributed by atoms with Crippen LogP contribution in [0.5, 0.6) is 0 Å². The van der Waals surface area contributed by atoms with E-state index >= 15 is 0 Å². The van der Waals surface area contributed by atoms with Gasteiger partial charge >= 0.3 is 5.97 Å². The number of esters is 1. The normalized spacial score (nSPS) is 19.3. The first-order chi connectivity index (χ1) is 17.9. The first-order valence-electron chi connectivity index (χ1n) is 12.3. The van der Waals surface area contributed by atoms with Crippen molar-refractivity contribution in [3.8, 4) is 0 Å². The van der Waals surface area contributed by atoms with Gasteiger partial charge in [0.2, 0.25) is 5.28 Å². The van der Waals surface area contributed by atoms with Crippen LogP contribution in [0, 0.1) is 6.92 Å². The van der Waals surface area contributed by atoms with E-state index in [9.17, 15) is 9.00 Å². The molecule has 3 aromatic rings. The van der Waals surface area contributed by atoms with Gasteiger partial charge in [0.05, 0.1) is 31.0 Å². The number of halogens is 1. The van der Waals surface area contributed by atoms with Crippen LogP contribution in [0.2, 0.25) is 5.28 Å². The van der Waals surface area contributed by atoms with Crippen LogP contribution in [0.1, 0.15) is 35.1 Å². The smallest absolute Gasteiger partial charge is 0.350 e. The number of carbonyl (C=O) groups is 1. The Morgan fingerprint density at radius 3 is 2.84 bits per heavy atom. The number of hydrogen-bond donors (Lipinski definition) is 1. The topological polar surface area (TPSA) is 110 Å². The quantitative estimate of drug-likeness (QED) is 0.341. The van der Waals surface area contributed by atoms with Crippen molar-refractivity contribution in [3.05, 3.63) is 34.1 Å². The number of aromatic nitrogens is 3. The molecule has 1 aromatic carbocycles. The molecule has 0 spiro atoms. The van der Waals surface area contributed by atoms with Gasteiger partial charge < -0.3 is 19.3 Å². The zero-order chi connectivity index (χ0) is 25.9. The molecule has 2 aromatic heterocycles. The molecule has 0 radical (unpaired) electrons. The van der Waals surface area contributed by atoms with E-state index in [0.717, 1.165) is 66.2 Å². The summed E-state index contributed by atoms with van der Waals surface area (Å²) in [6, 6.07) is 6.14. The van der Waals surface area contributed by atoms with E-state index in [1.54, 1.807) is 13.8 Å². The molecular weight excluding hydrogens is 536 g/mol. The first-order valence-corrected chi connectivity index (χ1v) is 14.6. The lowest BCUT2D eigenvalue weighted by atomic mass is 10.1. The van der Waals surface area contributed by atoms with E-state index < -0.39 is 17.0 Å². The second kappa shape index (κ2) is 11.6. The maximum atomic E-state index is 13.1. The van der Waals surface area contributed by atoms with Crippen LogP contribution in [0.4, 0.5) is 11.5 Å². The summed E-state index contributed by atoms with van der Waals surface area (Å²) >= 11 is 7.46. The number of thiazole rings is 1. The second-order valence-corrected chi connectivity index (χ2v) is 11.7. The molecule has 2 aliphatic rings. The zero-order valence-corrected chi connectivity index (χ0v) is 23.1. The van der Waals surface area contributed by atoms with Gasteiger partial charge in [-0.3, -0.25) is 0 Å². The minimum Gasteiger partial charge on any atom is -0.462 e. The molecule has 0 saturated carbocycles. The van der Waals surface area contributed by atoms with E-state index in [4.69, 9.17) is 21.1 Å². The Labute approximate surface area is 226 Å². The highest BCUT2D eigenvalue weighted by Crippen LogP contribution is 2.31. The van der Waals surface area contributed by atoms with Crippen molar-refractivity contribution < 1.29 is 18.5 Å². The van der Waals surface area contributed by atoms with Gasteiger partial charge in [-0.05, 0) is 56.5 Å². The van der Waals surface area contributed by atoms with Gasteiger partial charge in [-0.25, -0.2) is 23.7 Å². The van der Waals surface area contributed by atoms with Crippen molar-refractivity contribution in [1.29, 1.82) is 0 Å². The molecule has 2 saturated heterocycles. The summed E-state index contributed by atoms with van der Waals surface area (Å²) in [5.74, 6) is 0.337. The number of morpholine rings is 1. The van der Waals surface area contributed by atoms with Gasteiger partial charge in [0.1, 0.15) is 10.7 Å². The standard InChI is InChI=1S/C24H29ClN6O4S2/c1-3-35-22(32)20-15(2)26-24(36-20)37(33)29-16-5-4-8-31(14-16)21-18-7-6-17(30-9-11-34-12-10-30)13-19(18)27-23(25)28-21/h6-7,13,16,29H,3-5,8-12,14H2,1-2H3. The molecule has 2 unspecified atom stereocenters. The number of nitrogens with zero attached hydrogens (tertiary/aromatic N) is 5. The summed E-state index contributed by atoms with van der Waals surface area (Å²) in [6.07, 6.45) is 1.75. The van der Waals surface area contributed by atoms with Crippen LogP contribution >= 0.6 is 22.9 Å². The van der Waals surface area contributed by atoms with Gasteiger partial charge in [-0.2, -0.15) is 4.98 Å². The number of benzene rings is 1. The molecule has 0 aliphatic carbocycles. The lowest BCUT2D eigenvalue weighted by Gasteiger charge is -2.34. The molecule has 198 valence electrons. The highest BCUT2D eigenvalue weighted by Gasteiger charge is 2.27. The average molecular weight is 565 g/mol. The Balaban J connectivity index is 1.32. The number of rotatable bonds is 7. The van der Waals surface area contributed by atoms with Crippen molar-refractivity contribution in [2.45, 2.75) is 37.1 Å². The van der Waals surface area contributed by atoms with E-state index in [1.807, 2.05) is 0 Å². The third kappa shape index (κ3) is 5.88. The number of fused-ring (bicyclic) bond motifs is 1. The molecule has 2 aliphatic heterocycles.